The van der Waals surface area contributed by atoms with E-state index in [0.717, 1.165) is 0 Å². The van der Waals surface area contributed by atoms with E-state index in [1.165, 1.54) is 24.3 Å². The van der Waals surface area contributed by atoms with Gasteiger partial charge >= 0.3 is 0 Å². The first-order chi connectivity index (χ1) is 7.04. The van der Waals surface area contributed by atoms with Crippen molar-refractivity contribution in [1.82, 2.24) is 0 Å². The van der Waals surface area contributed by atoms with Crippen LogP contribution in [-0.4, -0.2) is 16.3 Å². The molecule has 0 atom stereocenters. The van der Waals surface area contributed by atoms with E-state index in [9.17, 15) is 20.0 Å². The van der Waals surface area contributed by atoms with Gasteiger partial charge in [0.15, 0.2) is 0 Å². The van der Waals surface area contributed by atoms with Gasteiger partial charge in [-0.15, -0.1) is 0 Å². The molecule has 15 heavy (non-hydrogen) atoms. The average Bonchev–Trinajstić information content (AvgIpc) is 2.20. The maximum Gasteiger partial charge on any atom is 0.270 e. The fraction of sp³-hybridized carbons (Fsp3) is 0.100. The highest BCUT2D eigenvalue weighted by molar-refractivity contribution is 5.82. The highest BCUT2D eigenvalue weighted by Gasteiger charge is 2.08. The SMILES string of the molecule is C/C(C=O)=C\c1cc([N+](=O)[O-])ccc1O. The largest absolute Gasteiger partial charge is 0.507 e. The van der Waals surface area contributed by atoms with Gasteiger partial charge in [-0.1, -0.05) is 0 Å². The lowest BCUT2D eigenvalue weighted by Gasteiger charge is -1.99. The second-order valence-electron chi connectivity index (χ2n) is 3.01. The molecule has 0 aliphatic carbocycles. The zero-order valence-corrected chi connectivity index (χ0v) is 8.01. The summed E-state index contributed by atoms with van der Waals surface area (Å²) < 4.78 is 0. The standard InChI is InChI=1S/C10H9NO4/c1-7(6-12)4-8-5-9(11(14)15)2-3-10(8)13/h2-6,13H,1H3/b7-4+. The molecule has 1 aromatic rings. The lowest BCUT2D eigenvalue weighted by atomic mass is 10.1. The van der Waals surface area contributed by atoms with Gasteiger partial charge in [0.1, 0.15) is 12.0 Å². The molecule has 5 nitrogen and oxygen atoms in total. The molecule has 0 fully saturated rings. The molecular weight excluding hydrogens is 198 g/mol. The van der Waals surface area contributed by atoms with Crippen molar-refractivity contribution in [3.63, 3.8) is 0 Å². The Kier molecular flexibility index (Phi) is 3.17. The number of carbonyl (C=O) groups excluding carboxylic acids is 1. The summed E-state index contributed by atoms with van der Waals surface area (Å²) in [4.78, 5) is 20.2. The molecule has 0 heterocycles. The van der Waals surface area contributed by atoms with Gasteiger partial charge in [-0.3, -0.25) is 14.9 Å². The Bertz CT molecular complexity index is 437. The van der Waals surface area contributed by atoms with Crippen LogP contribution in [0.4, 0.5) is 5.69 Å². The van der Waals surface area contributed by atoms with E-state index in [4.69, 9.17) is 0 Å². The molecule has 1 aromatic carbocycles. The van der Waals surface area contributed by atoms with Crippen LogP contribution < -0.4 is 0 Å². The molecule has 0 aromatic heterocycles. The van der Waals surface area contributed by atoms with Crippen LogP contribution in [-0.2, 0) is 4.79 Å². The monoisotopic (exact) mass is 207 g/mol. The Morgan fingerprint density at radius 2 is 2.20 bits per heavy atom. The van der Waals surface area contributed by atoms with Crippen molar-refractivity contribution in [2.75, 3.05) is 0 Å². The van der Waals surface area contributed by atoms with Gasteiger partial charge in [0.25, 0.3) is 5.69 Å². The number of phenolic OH excluding ortho intramolecular Hbond substituents is 1. The number of aromatic hydroxyl groups is 1. The first kappa shape index (κ1) is 10.9. The molecule has 1 N–H and O–H groups in total. The zero-order valence-electron chi connectivity index (χ0n) is 8.01. The molecular formula is C10H9NO4. The lowest BCUT2D eigenvalue weighted by molar-refractivity contribution is -0.384. The molecule has 0 bridgehead atoms. The van der Waals surface area contributed by atoms with Gasteiger partial charge in [-0.2, -0.15) is 0 Å². The smallest absolute Gasteiger partial charge is 0.270 e. The summed E-state index contributed by atoms with van der Waals surface area (Å²) in [5.74, 6) is -0.0956. The van der Waals surface area contributed by atoms with Crippen LogP contribution in [0.1, 0.15) is 12.5 Å². The number of carbonyl (C=O) groups is 1. The molecule has 1 rings (SSSR count). The first-order valence-corrected chi connectivity index (χ1v) is 4.15. The van der Waals surface area contributed by atoms with Crippen LogP contribution in [0.5, 0.6) is 5.75 Å². The summed E-state index contributed by atoms with van der Waals surface area (Å²) in [6.07, 6.45) is 1.99. The van der Waals surface area contributed by atoms with E-state index in [0.29, 0.717) is 11.9 Å². The van der Waals surface area contributed by atoms with Gasteiger partial charge in [0.05, 0.1) is 4.92 Å². The van der Waals surface area contributed by atoms with Crippen molar-refractivity contribution < 1.29 is 14.8 Å². The zero-order chi connectivity index (χ0) is 11.4. The number of nitro benzene ring substituents is 1. The molecule has 0 amide bonds. The minimum Gasteiger partial charge on any atom is -0.507 e. The highest BCUT2D eigenvalue weighted by atomic mass is 16.6. The van der Waals surface area contributed by atoms with Crippen molar-refractivity contribution in [2.24, 2.45) is 0 Å². The molecule has 5 heteroatoms. The number of aldehydes is 1. The number of non-ortho nitro benzene ring substituents is 1. The van der Waals surface area contributed by atoms with E-state index in [1.54, 1.807) is 6.92 Å². The summed E-state index contributed by atoms with van der Waals surface area (Å²) in [5.41, 5.74) is 0.511. The topological polar surface area (TPSA) is 80.4 Å². The third kappa shape index (κ3) is 2.63. The number of hydrogen-bond acceptors (Lipinski definition) is 4. The molecule has 0 spiro atoms. The van der Waals surface area contributed by atoms with Gasteiger partial charge in [0, 0.05) is 17.7 Å². The Balaban J connectivity index is 3.22. The van der Waals surface area contributed by atoms with Crippen molar-refractivity contribution in [3.8, 4) is 5.75 Å². The number of rotatable bonds is 3. The van der Waals surface area contributed by atoms with E-state index >= 15 is 0 Å². The number of nitrogens with zero attached hydrogens (tertiary/aromatic N) is 1. The third-order valence-electron chi connectivity index (χ3n) is 1.79. The number of phenols is 1. The van der Waals surface area contributed by atoms with Crippen LogP contribution in [0.2, 0.25) is 0 Å². The number of allylic oxidation sites excluding steroid dienone is 1. The van der Waals surface area contributed by atoms with Crippen molar-refractivity contribution >= 4 is 18.0 Å². The molecule has 78 valence electrons. The summed E-state index contributed by atoms with van der Waals surface area (Å²) >= 11 is 0. The number of benzene rings is 1. The van der Waals surface area contributed by atoms with Gasteiger partial charge < -0.3 is 5.11 Å². The molecule has 0 saturated carbocycles. The Morgan fingerprint density at radius 3 is 2.73 bits per heavy atom. The molecule has 0 aliphatic rings. The van der Waals surface area contributed by atoms with E-state index in [1.807, 2.05) is 0 Å². The minimum atomic E-state index is -0.562. The highest BCUT2D eigenvalue weighted by Crippen LogP contribution is 2.24. The summed E-state index contributed by atoms with van der Waals surface area (Å²) in [6, 6.07) is 3.63. The van der Waals surface area contributed by atoms with Gasteiger partial charge in [-0.25, -0.2) is 0 Å². The normalized spacial score (nSPS) is 11.1. The Labute approximate surface area is 85.8 Å². The van der Waals surface area contributed by atoms with E-state index in [-0.39, 0.29) is 17.0 Å². The molecule has 0 radical (unpaired) electrons. The summed E-state index contributed by atoms with van der Waals surface area (Å²) in [5, 5.41) is 19.8. The minimum absolute atomic E-state index is 0.0956. The quantitative estimate of drug-likeness (QED) is 0.355. The molecule has 0 saturated heterocycles. The van der Waals surface area contributed by atoms with Gasteiger partial charge in [-0.05, 0) is 24.6 Å². The van der Waals surface area contributed by atoms with Crippen molar-refractivity contribution in [1.29, 1.82) is 0 Å². The van der Waals surface area contributed by atoms with Crippen LogP contribution >= 0.6 is 0 Å². The Morgan fingerprint density at radius 1 is 1.53 bits per heavy atom. The first-order valence-electron chi connectivity index (χ1n) is 4.15. The third-order valence-corrected chi connectivity index (χ3v) is 1.79. The van der Waals surface area contributed by atoms with Crippen LogP contribution in [0.3, 0.4) is 0 Å². The molecule has 0 aliphatic heterocycles. The maximum atomic E-state index is 10.5. The predicted octanol–water partition coefficient (Wildman–Crippen LogP) is 1.90. The fourth-order valence-corrected chi connectivity index (χ4v) is 1.05. The fourth-order valence-electron chi connectivity index (χ4n) is 1.05. The Hall–Kier alpha value is -2.17. The second kappa shape index (κ2) is 4.36. The average molecular weight is 207 g/mol. The number of hydrogen-bond donors (Lipinski definition) is 1. The summed E-state index contributed by atoms with van der Waals surface area (Å²) in [6.45, 7) is 1.55. The predicted molar refractivity (Wildman–Crippen MR) is 54.5 cm³/mol. The lowest BCUT2D eigenvalue weighted by Crippen LogP contribution is -1.88. The van der Waals surface area contributed by atoms with Crippen molar-refractivity contribution in [3.05, 3.63) is 39.4 Å². The second-order valence-corrected chi connectivity index (χ2v) is 3.01. The molecule has 0 unspecified atom stereocenters. The van der Waals surface area contributed by atoms with Gasteiger partial charge in [0.2, 0.25) is 0 Å². The van der Waals surface area contributed by atoms with Crippen molar-refractivity contribution in [2.45, 2.75) is 6.92 Å². The van der Waals surface area contributed by atoms with Crippen LogP contribution in [0, 0.1) is 10.1 Å². The van der Waals surface area contributed by atoms with E-state index in [2.05, 4.69) is 0 Å². The summed E-state index contributed by atoms with van der Waals surface area (Å²) in [7, 11) is 0. The number of nitro groups is 1. The van der Waals surface area contributed by atoms with Crippen LogP contribution in [0.15, 0.2) is 23.8 Å². The maximum absolute atomic E-state index is 10.5. The van der Waals surface area contributed by atoms with Crippen LogP contribution in [0.25, 0.3) is 6.08 Å². The van der Waals surface area contributed by atoms with E-state index < -0.39 is 4.92 Å².